The molecule has 30 heavy (non-hydrogen) atoms. The number of nitrogens with one attached hydrogen (secondary N) is 1. The van der Waals surface area contributed by atoms with Gasteiger partial charge in [-0.2, -0.15) is 4.31 Å². The van der Waals surface area contributed by atoms with Crippen molar-refractivity contribution in [2.24, 2.45) is 5.92 Å². The predicted octanol–water partition coefficient (Wildman–Crippen LogP) is 1.14. The van der Waals surface area contributed by atoms with E-state index in [1.165, 1.54) is 4.31 Å². The van der Waals surface area contributed by atoms with Crippen molar-refractivity contribution in [3.05, 3.63) is 23.8 Å². The van der Waals surface area contributed by atoms with Crippen LogP contribution in [0.3, 0.4) is 0 Å². The lowest BCUT2D eigenvalue weighted by molar-refractivity contribution is -0.138. The number of likely N-dealkylation sites (N-methyl/N-ethyl adjacent to an activating group) is 1. The van der Waals surface area contributed by atoms with Gasteiger partial charge in [0.25, 0.3) is 0 Å². The molecule has 1 aromatic carbocycles. The smallest absolute Gasteiger partial charge is 0.243 e. The highest BCUT2D eigenvalue weighted by atomic mass is 32.2. The Bertz CT molecular complexity index is 917. The van der Waals surface area contributed by atoms with Crippen molar-refractivity contribution in [3.8, 4) is 0 Å². The number of amides is 2. The SMILES string of the molecule is CN1CCN(C(=O)C2CCN(S(=O)(=O)c3ccc4c(c3)CCCC(=O)N4)CC2)CC1. The topological polar surface area (TPSA) is 90.0 Å². The molecule has 4 rings (SSSR count). The molecule has 0 aliphatic carbocycles. The van der Waals surface area contributed by atoms with E-state index in [9.17, 15) is 18.0 Å². The minimum Gasteiger partial charge on any atom is -0.340 e. The molecular weight excluding hydrogens is 404 g/mol. The van der Waals surface area contributed by atoms with Crippen molar-refractivity contribution in [1.82, 2.24) is 14.1 Å². The highest BCUT2D eigenvalue weighted by Gasteiger charge is 2.34. The first-order valence-corrected chi connectivity index (χ1v) is 12.2. The van der Waals surface area contributed by atoms with E-state index in [0.717, 1.165) is 31.7 Å². The maximum atomic E-state index is 13.2. The molecule has 2 saturated heterocycles. The molecule has 0 aromatic heterocycles. The molecule has 3 aliphatic rings. The average Bonchev–Trinajstić information content (AvgIpc) is 2.93. The van der Waals surface area contributed by atoms with Gasteiger partial charge in [0.1, 0.15) is 0 Å². The fourth-order valence-electron chi connectivity index (χ4n) is 4.49. The molecule has 0 unspecified atom stereocenters. The van der Waals surface area contributed by atoms with Gasteiger partial charge in [-0.15, -0.1) is 0 Å². The number of piperidine rings is 1. The number of carbonyl (C=O) groups is 2. The number of fused-ring (bicyclic) bond motifs is 1. The van der Waals surface area contributed by atoms with Crippen LogP contribution in [0.2, 0.25) is 0 Å². The van der Waals surface area contributed by atoms with Gasteiger partial charge in [0.15, 0.2) is 0 Å². The van der Waals surface area contributed by atoms with E-state index in [2.05, 4.69) is 17.3 Å². The van der Waals surface area contributed by atoms with Gasteiger partial charge in [-0.3, -0.25) is 9.59 Å². The van der Waals surface area contributed by atoms with E-state index in [0.29, 0.717) is 50.9 Å². The number of nitrogens with zero attached hydrogens (tertiary/aromatic N) is 3. The van der Waals surface area contributed by atoms with Gasteiger partial charge in [-0.05, 0) is 56.5 Å². The van der Waals surface area contributed by atoms with Crippen molar-refractivity contribution in [3.63, 3.8) is 0 Å². The number of sulfonamides is 1. The molecule has 0 atom stereocenters. The maximum absolute atomic E-state index is 13.2. The summed E-state index contributed by atoms with van der Waals surface area (Å²) in [5.41, 5.74) is 1.56. The highest BCUT2D eigenvalue weighted by Crippen LogP contribution is 2.29. The molecule has 164 valence electrons. The van der Waals surface area contributed by atoms with Crippen LogP contribution in [0.15, 0.2) is 23.1 Å². The standard InChI is InChI=1S/C21H30N4O4S/c1-23-11-13-24(14-12-23)21(27)16-7-9-25(10-8-16)30(28,29)18-5-6-19-17(15-18)3-2-4-20(26)22-19/h5-6,15-16H,2-4,7-14H2,1H3,(H,22,26). The monoisotopic (exact) mass is 434 g/mol. The number of benzene rings is 1. The van der Waals surface area contributed by atoms with Crippen molar-refractivity contribution in [2.45, 2.75) is 37.0 Å². The Kier molecular flexibility index (Phi) is 6.13. The maximum Gasteiger partial charge on any atom is 0.243 e. The Balaban J connectivity index is 1.41. The lowest BCUT2D eigenvalue weighted by atomic mass is 9.96. The molecule has 2 fully saturated rings. The zero-order valence-electron chi connectivity index (χ0n) is 17.5. The molecule has 8 nitrogen and oxygen atoms in total. The molecule has 9 heteroatoms. The second-order valence-electron chi connectivity index (χ2n) is 8.53. The van der Waals surface area contributed by atoms with Crippen molar-refractivity contribution < 1.29 is 18.0 Å². The quantitative estimate of drug-likeness (QED) is 0.771. The van der Waals surface area contributed by atoms with Crippen molar-refractivity contribution in [1.29, 1.82) is 0 Å². The molecule has 2 amide bonds. The number of hydrogen-bond donors (Lipinski definition) is 1. The summed E-state index contributed by atoms with van der Waals surface area (Å²) in [6.45, 7) is 4.00. The molecule has 1 aromatic rings. The van der Waals surface area contributed by atoms with Gasteiger partial charge < -0.3 is 15.1 Å². The summed E-state index contributed by atoms with van der Waals surface area (Å²) in [6.07, 6.45) is 2.96. The predicted molar refractivity (Wildman–Crippen MR) is 114 cm³/mol. The zero-order valence-corrected chi connectivity index (χ0v) is 18.3. The van der Waals surface area contributed by atoms with Crippen LogP contribution in [-0.4, -0.2) is 80.7 Å². The van der Waals surface area contributed by atoms with E-state index in [1.807, 2.05) is 4.90 Å². The lowest BCUT2D eigenvalue weighted by Gasteiger charge is -2.37. The average molecular weight is 435 g/mol. The highest BCUT2D eigenvalue weighted by molar-refractivity contribution is 7.89. The van der Waals surface area contributed by atoms with Gasteiger partial charge in [0, 0.05) is 57.3 Å². The fraction of sp³-hybridized carbons (Fsp3) is 0.619. The number of anilines is 1. The Morgan fingerprint density at radius 2 is 1.73 bits per heavy atom. The largest absolute Gasteiger partial charge is 0.340 e. The van der Waals surface area contributed by atoms with Crippen LogP contribution < -0.4 is 5.32 Å². The zero-order chi connectivity index (χ0) is 21.3. The van der Waals surface area contributed by atoms with Crippen LogP contribution in [-0.2, 0) is 26.0 Å². The third kappa shape index (κ3) is 4.38. The first-order valence-electron chi connectivity index (χ1n) is 10.7. The first-order chi connectivity index (χ1) is 14.3. The van der Waals surface area contributed by atoms with Crippen LogP contribution in [0, 0.1) is 5.92 Å². The number of rotatable bonds is 3. The number of carbonyl (C=O) groups excluding carboxylic acids is 2. The van der Waals surface area contributed by atoms with Crippen molar-refractivity contribution in [2.75, 3.05) is 51.6 Å². The summed E-state index contributed by atoms with van der Waals surface area (Å²) in [5.74, 6) is 0.0412. The summed E-state index contributed by atoms with van der Waals surface area (Å²) in [6, 6.07) is 4.95. The number of aryl methyl sites for hydroxylation is 1. The summed E-state index contributed by atoms with van der Waals surface area (Å²) < 4.78 is 27.8. The Morgan fingerprint density at radius 1 is 1.03 bits per heavy atom. The van der Waals surface area contributed by atoms with Gasteiger partial charge in [-0.1, -0.05) is 0 Å². The van der Waals surface area contributed by atoms with E-state index in [1.54, 1.807) is 18.2 Å². The van der Waals surface area contributed by atoms with Crippen molar-refractivity contribution >= 4 is 27.5 Å². The normalized spacial score (nSPS) is 22.3. The number of hydrogen-bond acceptors (Lipinski definition) is 5. The van der Waals surface area contributed by atoms with Gasteiger partial charge >= 0.3 is 0 Å². The molecule has 0 saturated carbocycles. The van der Waals surface area contributed by atoms with Gasteiger partial charge in [0.05, 0.1) is 4.90 Å². The van der Waals surface area contributed by atoms with Gasteiger partial charge in [-0.25, -0.2) is 8.42 Å². The molecular formula is C21H30N4O4S. The van der Waals surface area contributed by atoms with Crippen LogP contribution >= 0.6 is 0 Å². The second-order valence-corrected chi connectivity index (χ2v) is 10.5. The minimum atomic E-state index is -3.61. The Hall–Kier alpha value is -1.97. The summed E-state index contributed by atoms with van der Waals surface area (Å²) in [4.78, 5) is 28.9. The third-order valence-electron chi connectivity index (χ3n) is 6.46. The van der Waals surface area contributed by atoms with E-state index in [4.69, 9.17) is 0 Å². The minimum absolute atomic E-state index is 0.0311. The van der Waals surface area contributed by atoms with E-state index in [-0.39, 0.29) is 22.6 Å². The summed E-state index contributed by atoms with van der Waals surface area (Å²) >= 11 is 0. The molecule has 3 aliphatic heterocycles. The third-order valence-corrected chi connectivity index (χ3v) is 8.35. The summed E-state index contributed by atoms with van der Waals surface area (Å²) in [7, 11) is -1.56. The number of piperazine rings is 1. The molecule has 0 radical (unpaired) electrons. The van der Waals surface area contributed by atoms with Crippen LogP contribution in [0.4, 0.5) is 5.69 Å². The Morgan fingerprint density at radius 3 is 2.43 bits per heavy atom. The van der Waals surface area contributed by atoms with Gasteiger partial charge in [0.2, 0.25) is 21.8 Å². The second kappa shape index (κ2) is 8.64. The van der Waals surface area contributed by atoms with Crippen LogP contribution in [0.1, 0.15) is 31.2 Å². The lowest BCUT2D eigenvalue weighted by Crippen LogP contribution is -2.50. The molecule has 0 bridgehead atoms. The van der Waals surface area contributed by atoms with E-state index >= 15 is 0 Å². The van der Waals surface area contributed by atoms with Crippen LogP contribution in [0.25, 0.3) is 0 Å². The first kappa shape index (κ1) is 21.3. The van der Waals surface area contributed by atoms with Crippen LogP contribution in [0.5, 0.6) is 0 Å². The molecule has 0 spiro atoms. The summed E-state index contributed by atoms with van der Waals surface area (Å²) in [5, 5.41) is 2.84. The molecule has 3 heterocycles. The molecule has 1 N–H and O–H groups in total. The fourth-order valence-corrected chi connectivity index (χ4v) is 6.01. The Labute approximate surface area is 178 Å². The van der Waals surface area contributed by atoms with E-state index < -0.39 is 10.0 Å².